The Balaban J connectivity index is 2.16. The average molecular weight is 252 g/mol. The summed E-state index contributed by atoms with van der Waals surface area (Å²) in [7, 11) is 0. The standard InChI is InChI=1S/C15H18F2O/c1-10-7-8-12(15(17)14(10)16)13(18)9-11-5-3-2-4-6-11/h5,7-8,13,18H,2-4,6,9H2,1H3. The Kier molecular flexibility index (Phi) is 4.12. The van der Waals surface area contributed by atoms with E-state index in [4.69, 9.17) is 0 Å². The second-order valence-corrected chi connectivity index (χ2v) is 4.93. The number of allylic oxidation sites excluding steroid dienone is 1. The van der Waals surface area contributed by atoms with Crippen LogP contribution in [0.3, 0.4) is 0 Å². The van der Waals surface area contributed by atoms with E-state index in [-0.39, 0.29) is 11.1 Å². The summed E-state index contributed by atoms with van der Waals surface area (Å²) in [5.74, 6) is -1.77. The predicted octanol–water partition coefficient (Wildman–Crippen LogP) is 4.20. The van der Waals surface area contributed by atoms with E-state index >= 15 is 0 Å². The molecule has 1 aliphatic rings. The highest BCUT2D eigenvalue weighted by molar-refractivity contribution is 5.28. The minimum absolute atomic E-state index is 0.0598. The third kappa shape index (κ3) is 2.78. The first-order valence-electron chi connectivity index (χ1n) is 6.40. The molecule has 1 unspecified atom stereocenters. The molecule has 0 heterocycles. The van der Waals surface area contributed by atoms with E-state index in [1.165, 1.54) is 25.5 Å². The molecular formula is C15H18F2O. The molecule has 1 nitrogen and oxygen atoms in total. The summed E-state index contributed by atoms with van der Waals surface area (Å²) in [6.45, 7) is 1.51. The maximum absolute atomic E-state index is 13.7. The smallest absolute Gasteiger partial charge is 0.164 e. The summed E-state index contributed by atoms with van der Waals surface area (Å²) in [6.07, 6.45) is 5.81. The molecular weight excluding hydrogens is 234 g/mol. The van der Waals surface area contributed by atoms with Crippen molar-refractivity contribution < 1.29 is 13.9 Å². The molecule has 1 aliphatic carbocycles. The molecule has 0 spiro atoms. The highest BCUT2D eigenvalue weighted by atomic mass is 19.2. The molecule has 0 aromatic heterocycles. The Labute approximate surface area is 106 Å². The number of aliphatic hydroxyl groups excluding tert-OH is 1. The molecule has 98 valence electrons. The van der Waals surface area contributed by atoms with Gasteiger partial charge in [0.25, 0.3) is 0 Å². The van der Waals surface area contributed by atoms with E-state index in [1.807, 2.05) is 0 Å². The first-order valence-corrected chi connectivity index (χ1v) is 6.40. The van der Waals surface area contributed by atoms with Gasteiger partial charge in [0.2, 0.25) is 0 Å². The van der Waals surface area contributed by atoms with E-state index in [2.05, 4.69) is 6.08 Å². The maximum Gasteiger partial charge on any atom is 0.164 e. The molecule has 18 heavy (non-hydrogen) atoms. The van der Waals surface area contributed by atoms with Crippen LogP contribution in [0.15, 0.2) is 23.8 Å². The lowest BCUT2D eigenvalue weighted by Crippen LogP contribution is -2.06. The van der Waals surface area contributed by atoms with Gasteiger partial charge in [0.05, 0.1) is 6.10 Å². The molecule has 0 bridgehead atoms. The minimum Gasteiger partial charge on any atom is -0.388 e. The zero-order chi connectivity index (χ0) is 13.1. The fourth-order valence-corrected chi connectivity index (χ4v) is 2.37. The van der Waals surface area contributed by atoms with Crippen molar-refractivity contribution in [3.8, 4) is 0 Å². The highest BCUT2D eigenvalue weighted by Crippen LogP contribution is 2.30. The van der Waals surface area contributed by atoms with Crippen LogP contribution in [-0.2, 0) is 0 Å². The molecule has 2 rings (SSSR count). The summed E-state index contributed by atoms with van der Waals surface area (Å²) in [6, 6.07) is 2.98. The van der Waals surface area contributed by atoms with Gasteiger partial charge in [0.15, 0.2) is 11.6 Å². The van der Waals surface area contributed by atoms with Gasteiger partial charge in [-0.05, 0) is 44.6 Å². The molecule has 0 saturated carbocycles. The van der Waals surface area contributed by atoms with Crippen LogP contribution in [0, 0.1) is 18.6 Å². The summed E-state index contributed by atoms with van der Waals surface area (Å²) in [5.41, 5.74) is 1.47. The number of aliphatic hydroxyl groups is 1. The second-order valence-electron chi connectivity index (χ2n) is 4.93. The third-order valence-electron chi connectivity index (χ3n) is 3.50. The Hall–Kier alpha value is -1.22. The van der Waals surface area contributed by atoms with Gasteiger partial charge in [-0.3, -0.25) is 0 Å². The SMILES string of the molecule is Cc1ccc(C(O)CC2=CCCCC2)c(F)c1F. The third-order valence-corrected chi connectivity index (χ3v) is 3.50. The number of hydrogen-bond acceptors (Lipinski definition) is 1. The van der Waals surface area contributed by atoms with Crippen LogP contribution in [0.4, 0.5) is 8.78 Å². The van der Waals surface area contributed by atoms with E-state index in [0.29, 0.717) is 6.42 Å². The van der Waals surface area contributed by atoms with Crippen LogP contribution in [0.5, 0.6) is 0 Å². The van der Waals surface area contributed by atoms with Crippen molar-refractivity contribution in [2.45, 2.75) is 45.1 Å². The fraction of sp³-hybridized carbons (Fsp3) is 0.467. The van der Waals surface area contributed by atoms with Crippen molar-refractivity contribution >= 4 is 0 Å². The van der Waals surface area contributed by atoms with Crippen LogP contribution in [-0.4, -0.2) is 5.11 Å². The topological polar surface area (TPSA) is 20.2 Å². The van der Waals surface area contributed by atoms with E-state index in [9.17, 15) is 13.9 Å². The van der Waals surface area contributed by atoms with Crippen molar-refractivity contribution in [3.63, 3.8) is 0 Å². The van der Waals surface area contributed by atoms with Crippen molar-refractivity contribution in [3.05, 3.63) is 46.5 Å². The minimum atomic E-state index is -0.954. The van der Waals surface area contributed by atoms with Crippen molar-refractivity contribution in [2.75, 3.05) is 0 Å². The van der Waals surface area contributed by atoms with E-state index in [1.54, 1.807) is 0 Å². The zero-order valence-corrected chi connectivity index (χ0v) is 10.5. The monoisotopic (exact) mass is 252 g/mol. The summed E-state index contributed by atoms with van der Waals surface area (Å²) < 4.78 is 27.1. The zero-order valence-electron chi connectivity index (χ0n) is 10.5. The Morgan fingerprint density at radius 3 is 2.67 bits per heavy atom. The number of benzene rings is 1. The van der Waals surface area contributed by atoms with E-state index < -0.39 is 17.7 Å². The molecule has 0 radical (unpaired) electrons. The Morgan fingerprint density at radius 2 is 2.00 bits per heavy atom. The summed E-state index contributed by atoms with van der Waals surface area (Å²) >= 11 is 0. The number of rotatable bonds is 3. The normalized spacial score (nSPS) is 17.4. The molecule has 0 aliphatic heterocycles. The molecule has 1 aromatic rings. The maximum atomic E-state index is 13.7. The first-order chi connectivity index (χ1) is 8.59. The van der Waals surface area contributed by atoms with Crippen LogP contribution >= 0.6 is 0 Å². The molecule has 0 amide bonds. The number of aryl methyl sites for hydroxylation is 1. The van der Waals surface area contributed by atoms with Crippen LogP contribution in [0.1, 0.15) is 49.3 Å². The van der Waals surface area contributed by atoms with Gasteiger partial charge in [-0.2, -0.15) is 0 Å². The summed E-state index contributed by atoms with van der Waals surface area (Å²) in [5, 5.41) is 10.0. The van der Waals surface area contributed by atoms with Gasteiger partial charge in [0, 0.05) is 5.56 Å². The molecule has 1 N–H and O–H groups in total. The highest BCUT2D eigenvalue weighted by Gasteiger charge is 2.19. The predicted molar refractivity (Wildman–Crippen MR) is 67.2 cm³/mol. The van der Waals surface area contributed by atoms with Crippen molar-refractivity contribution in [1.29, 1.82) is 0 Å². The van der Waals surface area contributed by atoms with Gasteiger partial charge in [-0.1, -0.05) is 23.8 Å². The Morgan fingerprint density at radius 1 is 1.22 bits per heavy atom. The van der Waals surface area contributed by atoms with Gasteiger partial charge in [-0.15, -0.1) is 0 Å². The fourth-order valence-electron chi connectivity index (χ4n) is 2.37. The summed E-state index contributed by atoms with van der Waals surface area (Å²) in [4.78, 5) is 0. The number of halogens is 2. The quantitative estimate of drug-likeness (QED) is 0.799. The molecule has 0 saturated heterocycles. The second kappa shape index (κ2) is 5.61. The lowest BCUT2D eigenvalue weighted by Gasteiger charge is -2.17. The lowest BCUT2D eigenvalue weighted by molar-refractivity contribution is 0.170. The van der Waals surface area contributed by atoms with E-state index in [0.717, 1.165) is 24.8 Å². The lowest BCUT2D eigenvalue weighted by atomic mass is 9.92. The van der Waals surface area contributed by atoms with Crippen LogP contribution in [0.2, 0.25) is 0 Å². The molecule has 3 heteroatoms. The van der Waals surface area contributed by atoms with Gasteiger partial charge in [0.1, 0.15) is 0 Å². The van der Waals surface area contributed by atoms with Crippen molar-refractivity contribution in [2.24, 2.45) is 0 Å². The first kappa shape index (κ1) is 13.2. The Bertz CT molecular complexity index is 466. The average Bonchev–Trinajstić information content (AvgIpc) is 2.37. The molecule has 1 atom stereocenters. The van der Waals surface area contributed by atoms with Gasteiger partial charge in [-0.25, -0.2) is 8.78 Å². The van der Waals surface area contributed by atoms with Crippen molar-refractivity contribution in [1.82, 2.24) is 0 Å². The van der Waals surface area contributed by atoms with Gasteiger partial charge >= 0.3 is 0 Å². The molecule has 1 aromatic carbocycles. The number of hydrogen-bond donors (Lipinski definition) is 1. The van der Waals surface area contributed by atoms with Gasteiger partial charge < -0.3 is 5.11 Å². The van der Waals surface area contributed by atoms with Crippen LogP contribution in [0.25, 0.3) is 0 Å². The molecule has 0 fully saturated rings. The van der Waals surface area contributed by atoms with Crippen LogP contribution < -0.4 is 0 Å². The largest absolute Gasteiger partial charge is 0.388 e.